The van der Waals surface area contributed by atoms with Gasteiger partial charge in [-0.1, -0.05) is 0 Å². The number of aryl methyl sites for hydroxylation is 1. The monoisotopic (exact) mass is 436 g/mol. The van der Waals surface area contributed by atoms with Crippen molar-refractivity contribution in [2.24, 2.45) is 0 Å². The Morgan fingerprint density at radius 1 is 1.06 bits per heavy atom. The van der Waals surface area contributed by atoms with Crippen LogP contribution in [0.5, 0.6) is 11.5 Å². The fourth-order valence-electron chi connectivity index (χ4n) is 3.08. The van der Waals surface area contributed by atoms with Crippen molar-refractivity contribution in [3.05, 3.63) is 53.5 Å². The van der Waals surface area contributed by atoms with Crippen molar-refractivity contribution < 1.29 is 36.7 Å². The number of anilines is 1. The summed E-state index contributed by atoms with van der Waals surface area (Å²) in [6, 6.07) is 7.15. The SMILES string of the molecule is COc1ccc(NC(=O)C(=O)NC(C)c2oc3ccc(F)cc3c2C)cc1OC(F)F. The number of amides is 2. The molecule has 0 aliphatic rings. The molecule has 1 unspecified atom stereocenters. The highest BCUT2D eigenvalue weighted by molar-refractivity contribution is 6.39. The minimum Gasteiger partial charge on any atom is -0.493 e. The summed E-state index contributed by atoms with van der Waals surface area (Å²) in [7, 11) is 1.27. The lowest BCUT2D eigenvalue weighted by Gasteiger charge is -2.14. The molecule has 0 saturated carbocycles. The minimum atomic E-state index is -3.09. The van der Waals surface area contributed by atoms with E-state index in [-0.39, 0.29) is 17.2 Å². The van der Waals surface area contributed by atoms with Gasteiger partial charge in [-0.2, -0.15) is 8.78 Å². The predicted molar refractivity (Wildman–Crippen MR) is 106 cm³/mol. The van der Waals surface area contributed by atoms with Gasteiger partial charge in [-0.3, -0.25) is 9.59 Å². The fraction of sp³-hybridized carbons (Fsp3) is 0.238. The summed E-state index contributed by atoms with van der Waals surface area (Å²) in [5.74, 6) is -2.32. The summed E-state index contributed by atoms with van der Waals surface area (Å²) in [6.07, 6.45) is 0. The number of hydrogen-bond acceptors (Lipinski definition) is 5. The third-order valence-electron chi connectivity index (χ3n) is 4.52. The number of nitrogens with one attached hydrogen (secondary N) is 2. The van der Waals surface area contributed by atoms with Crippen LogP contribution in [-0.2, 0) is 9.59 Å². The molecule has 10 heteroatoms. The highest BCUT2D eigenvalue weighted by Crippen LogP contribution is 2.32. The molecular formula is C21H19F3N2O5. The molecule has 1 atom stereocenters. The molecular weight excluding hydrogens is 417 g/mol. The molecule has 1 aromatic heterocycles. The van der Waals surface area contributed by atoms with E-state index in [1.54, 1.807) is 13.8 Å². The third-order valence-corrected chi connectivity index (χ3v) is 4.52. The largest absolute Gasteiger partial charge is 0.493 e. The smallest absolute Gasteiger partial charge is 0.387 e. The van der Waals surface area contributed by atoms with Crippen LogP contribution in [0.1, 0.15) is 24.3 Å². The number of furan rings is 1. The molecule has 0 bridgehead atoms. The molecule has 7 nitrogen and oxygen atoms in total. The fourth-order valence-corrected chi connectivity index (χ4v) is 3.08. The van der Waals surface area contributed by atoms with Crippen LogP contribution < -0.4 is 20.1 Å². The molecule has 3 aromatic rings. The van der Waals surface area contributed by atoms with E-state index in [4.69, 9.17) is 9.15 Å². The molecule has 3 rings (SSSR count). The minimum absolute atomic E-state index is 0.0353. The van der Waals surface area contributed by atoms with Gasteiger partial charge >= 0.3 is 18.4 Å². The van der Waals surface area contributed by atoms with Gasteiger partial charge in [-0.05, 0) is 44.2 Å². The van der Waals surface area contributed by atoms with Gasteiger partial charge in [0.2, 0.25) is 0 Å². The van der Waals surface area contributed by atoms with Crippen molar-refractivity contribution in [2.75, 3.05) is 12.4 Å². The number of hydrogen-bond donors (Lipinski definition) is 2. The number of benzene rings is 2. The standard InChI is InChI=1S/C21H19F3N2O5/c1-10-14-8-12(22)4-6-15(14)30-18(10)11(2)25-19(27)20(28)26-13-5-7-16(29-3)17(9-13)31-21(23)24/h4-9,11,21H,1-3H3,(H,25,27)(H,26,28). The molecule has 0 spiro atoms. The van der Waals surface area contributed by atoms with E-state index in [1.165, 1.54) is 37.4 Å². The molecule has 0 radical (unpaired) electrons. The number of methoxy groups -OCH3 is 1. The Morgan fingerprint density at radius 3 is 2.48 bits per heavy atom. The number of carbonyl (C=O) groups is 2. The second-order valence-corrected chi connectivity index (χ2v) is 6.63. The maximum atomic E-state index is 13.5. The molecule has 2 aromatic carbocycles. The summed E-state index contributed by atoms with van der Waals surface area (Å²) in [4.78, 5) is 24.5. The number of ether oxygens (including phenoxy) is 2. The summed E-state index contributed by atoms with van der Waals surface area (Å²) in [6.45, 7) is 0.226. The van der Waals surface area contributed by atoms with Gasteiger partial charge in [0.15, 0.2) is 11.5 Å². The summed E-state index contributed by atoms with van der Waals surface area (Å²) in [5, 5.41) is 5.35. The lowest BCUT2D eigenvalue weighted by atomic mass is 10.1. The van der Waals surface area contributed by atoms with E-state index >= 15 is 0 Å². The molecule has 0 saturated heterocycles. The van der Waals surface area contributed by atoms with E-state index in [0.29, 0.717) is 22.3 Å². The average Bonchev–Trinajstić information content (AvgIpc) is 3.04. The second kappa shape index (κ2) is 8.99. The van der Waals surface area contributed by atoms with Gasteiger partial charge in [-0.15, -0.1) is 0 Å². The molecule has 2 N–H and O–H groups in total. The van der Waals surface area contributed by atoms with Gasteiger partial charge in [0.1, 0.15) is 17.2 Å². The highest BCUT2D eigenvalue weighted by Gasteiger charge is 2.23. The van der Waals surface area contributed by atoms with Crippen LogP contribution in [0.25, 0.3) is 11.0 Å². The van der Waals surface area contributed by atoms with E-state index in [0.717, 1.165) is 6.07 Å². The van der Waals surface area contributed by atoms with Gasteiger partial charge in [0.05, 0.1) is 13.2 Å². The topological polar surface area (TPSA) is 89.8 Å². The first-order valence-electron chi connectivity index (χ1n) is 9.12. The number of carbonyl (C=O) groups excluding carboxylic acids is 2. The van der Waals surface area contributed by atoms with E-state index in [1.807, 2.05) is 0 Å². The van der Waals surface area contributed by atoms with Crippen LogP contribution in [0.15, 0.2) is 40.8 Å². The van der Waals surface area contributed by atoms with Crippen molar-refractivity contribution in [3.63, 3.8) is 0 Å². The van der Waals surface area contributed by atoms with Crippen molar-refractivity contribution in [3.8, 4) is 11.5 Å². The molecule has 0 fully saturated rings. The summed E-state index contributed by atoms with van der Waals surface area (Å²) >= 11 is 0. The number of alkyl halides is 2. The Balaban J connectivity index is 1.71. The summed E-state index contributed by atoms with van der Waals surface area (Å²) < 4.78 is 53.5. The number of halogens is 3. The maximum absolute atomic E-state index is 13.5. The number of rotatable bonds is 6. The van der Waals surface area contributed by atoms with Gasteiger partial charge in [0, 0.05) is 22.7 Å². The van der Waals surface area contributed by atoms with Crippen molar-refractivity contribution in [1.82, 2.24) is 5.32 Å². The highest BCUT2D eigenvalue weighted by atomic mass is 19.3. The Hall–Kier alpha value is -3.69. The zero-order valence-electron chi connectivity index (χ0n) is 16.8. The molecule has 1 heterocycles. The molecule has 31 heavy (non-hydrogen) atoms. The zero-order valence-corrected chi connectivity index (χ0v) is 16.8. The van der Waals surface area contributed by atoms with E-state index in [9.17, 15) is 22.8 Å². The van der Waals surface area contributed by atoms with Crippen LogP contribution >= 0.6 is 0 Å². The third kappa shape index (κ3) is 4.90. The van der Waals surface area contributed by atoms with E-state index in [2.05, 4.69) is 15.4 Å². The van der Waals surface area contributed by atoms with Crippen molar-refractivity contribution in [1.29, 1.82) is 0 Å². The van der Waals surface area contributed by atoms with Crippen molar-refractivity contribution >= 4 is 28.5 Å². The van der Waals surface area contributed by atoms with Crippen LogP contribution in [-0.4, -0.2) is 25.5 Å². The van der Waals surface area contributed by atoms with Gasteiger partial charge < -0.3 is 24.5 Å². The second-order valence-electron chi connectivity index (χ2n) is 6.63. The van der Waals surface area contributed by atoms with Gasteiger partial charge in [-0.25, -0.2) is 4.39 Å². The Kier molecular flexibility index (Phi) is 6.38. The molecule has 164 valence electrons. The van der Waals surface area contributed by atoms with Crippen LogP contribution in [0.4, 0.5) is 18.9 Å². The lowest BCUT2D eigenvalue weighted by molar-refractivity contribution is -0.136. The first-order valence-corrected chi connectivity index (χ1v) is 9.12. The molecule has 2 amide bonds. The number of fused-ring (bicyclic) bond motifs is 1. The van der Waals surface area contributed by atoms with Crippen molar-refractivity contribution in [2.45, 2.75) is 26.5 Å². The van der Waals surface area contributed by atoms with Crippen LogP contribution in [0, 0.1) is 12.7 Å². The van der Waals surface area contributed by atoms with Crippen LogP contribution in [0.2, 0.25) is 0 Å². The molecule has 0 aliphatic carbocycles. The average molecular weight is 436 g/mol. The van der Waals surface area contributed by atoms with Crippen LogP contribution in [0.3, 0.4) is 0 Å². The predicted octanol–water partition coefficient (Wildman–Crippen LogP) is 4.31. The molecule has 0 aliphatic heterocycles. The Labute approximate surface area is 175 Å². The first-order chi connectivity index (χ1) is 14.7. The quantitative estimate of drug-likeness (QED) is 0.562. The lowest BCUT2D eigenvalue weighted by Crippen LogP contribution is -2.37. The van der Waals surface area contributed by atoms with Gasteiger partial charge in [0.25, 0.3) is 0 Å². The Bertz CT molecular complexity index is 1130. The summed E-state index contributed by atoms with van der Waals surface area (Å²) in [5.41, 5.74) is 1.13. The normalized spacial score (nSPS) is 12.0. The van der Waals surface area contributed by atoms with E-state index < -0.39 is 30.3 Å². The first kappa shape index (κ1) is 22.0. The maximum Gasteiger partial charge on any atom is 0.387 e. The zero-order chi connectivity index (χ0) is 22.7. The Morgan fingerprint density at radius 2 is 1.81 bits per heavy atom.